The molecule has 3 rings (SSSR count). The minimum absolute atomic E-state index is 0.255. The van der Waals surface area contributed by atoms with E-state index in [1.54, 1.807) is 35.1 Å². The number of anilines is 1. The van der Waals surface area contributed by atoms with Crippen LogP contribution in [0.2, 0.25) is 0 Å². The predicted molar refractivity (Wildman–Crippen MR) is 99.2 cm³/mol. The monoisotopic (exact) mass is 360 g/mol. The fourth-order valence-corrected chi connectivity index (χ4v) is 3.51. The maximum atomic E-state index is 13.2. The van der Waals surface area contributed by atoms with Gasteiger partial charge >= 0.3 is 0 Å². The number of likely N-dealkylation sites (N-methyl/N-ethyl adjacent to an activating group) is 1. The third kappa shape index (κ3) is 3.28. The fourth-order valence-electron chi connectivity index (χ4n) is 3.51. The number of hydrogen-bond donors (Lipinski definition) is 0. The smallest absolute Gasteiger partial charge is 0.282 e. The Bertz CT molecular complexity index is 673. The maximum absolute atomic E-state index is 13.2. The van der Waals surface area contributed by atoms with Crippen molar-refractivity contribution in [3.63, 3.8) is 0 Å². The molecule has 2 amide bonds. The maximum Gasteiger partial charge on any atom is 0.282 e. The third-order valence-electron chi connectivity index (χ3n) is 5.22. The van der Waals surface area contributed by atoms with E-state index in [1.165, 1.54) is 0 Å². The quantitative estimate of drug-likeness (QED) is 0.745. The van der Waals surface area contributed by atoms with Gasteiger partial charge in [-0.05, 0) is 32.0 Å². The molecule has 1 saturated heterocycles. The molecule has 3 heterocycles. The number of aromatic nitrogens is 1. The summed E-state index contributed by atoms with van der Waals surface area (Å²) < 4.78 is 5.95. The first kappa shape index (κ1) is 18.6. The molecular weight excluding hydrogens is 332 g/mol. The summed E-state index contributed by atoms with van der Waals surface area (Å²) in [5.41, 5.74) is -1.53. The first-order valence-electron chi connectivity index (χ1n) is 9.49. The molecular formula is C19H28N4O3. The van der Waals surface area contributed by atoms with E-state index in [1.807, 2.05) is 0 Å². The summed E-state index contributed by atoms with van der Waals surface area (Å²) in [5, 5.41) is 0. The molecule has 1 fully saturated rings. The van der Waals surface area contributed by atoms with Crippen LogP contribution in [0, 0.1) is 0 Å². The number of pyridine rings is 1. The lowest BCUT2D eigenvalue weighted by Crippen LogP contribution is -2.65. The second kappa shape index (κ2) is 7.61. The summed E-state index contributed by atoms with van der Waals surface area (Å²) in [7, 11) is 0. The van der Waals surface area contributed by atoms with Gasteiger partial charge in [0, 0.05) is 38.9 Å². The van der Waals surface area contributed by atoms with Crippen molar-refractivity contribution in [2.45, 2.75) is 39.2 Å². The van der Waals surface area contributed by atoms with E-state index in [4.69, 9.17) is 4.74 Å². The topological polar surface area (TPSA) is 66.0 Å². The van der Waals surface area contributed by atoms with Crippen LogP contribution in [0.15, 0.2) is 18.3 Å². The molecule has 1 atom stereocenters. The number of hydrogen-bond acceptors (Lipinski definition) is 5. The number of nitrogens with zero attached hydrogens (tertiary/aromatic N) is 4. The minimum Gasteiger partial charge on any atom is -0.464 e. The molecule has 0 bridgehead atoms. The Morgan fingerprint density at radius 1 is 1.27 bits per heavy atom. The molecule has 2 aliphatic rings. The average Bonchev–Trinajstić information content (AvgIpc) is 2.68. The third-order valence-corrected chi connectivity index (χ3v) is 5.22. The van der Waals surface area contributed by atoms with E-state index in [-0.39, 0.29) is 11.8 Å². The molecule has 0 N–H and O–H groups in total. The first-order valence-corrected chi connectivity index (χ1v) is 9.49. The SMILES string of the molecule is CCCCN1C(=O)[C@@](C)(C(=O)N2CCN(CC)CC2)Oc2cccnc21. The van der Waals surface area contributed by atoms with Crippen LogP contribution in [-0.4, -0.2) is 71.5 Å². The Morgan fingerprint density at radius 2 is 2.00 bits per heavy atom. The van der Waals surface area contributed by atoms with Crippen LogP contribution in [0.25, 0.3) is 0 Å². The minimum atomic E-state index is -1.53. The van der Waals surface area contributed by atoms with Gasteiger partial charge in [-0.25, -0.2) is 4.98 Å². The summed E-state index contributed by atoms with van der Waals surface area (Å²) in [6.45, 7) is 10.2. The highest BCUT2D eigenvalue weighted by molar-refractivity contribution is 6.16. The van der Waals surface area contributed by atoms with Crippen LogP contribution in [0.1, 0.15) is 33.6 Å². The molecule has 0 aliphatic carbocycles. The number of unbranched alkanes of at least 4 members (excludes halogenated alkanes) is 1. The normalized spacial score (nSPS) is 23.6. The van der Waals surface area contributed by atoms with E-state index >= 15 is 0 Å². The van der Waals surface area contributed by atoms with Gasteiger partial charge in [0.15, 0.2) is 11.6 Å². The lowest BCUT2D eigenvalue weighted by molar-refractivity contribution is -0.157. The van der Waals surface area contributed by atoms with Gasteiger partial charge in [-0.15, -0.1) is 0 Å². The van der Waals surface area contributed by atoms with E-state index in [0.717, 1.165) is 32.5 Å². The van der Waals surface area contributed by atoms with Gasteiger partial charge in [-0.2, -0.15) is 0 Å². The molecule has 1 aromatic rings. The van der Waals surface area contributed by atoms with Crippen molar-refractivity contribution < 1.29 is 14.3 Å². The number of fused-ring (bicyclic) bond motifs is 1. The standard InChI is InChI=1S/C19H28N4O3/c1-4-6-10-23-16-15(8-7-9-20-16)26-19(3,18(23)25)17(24)22-13-11-21(5-2)12-14-22/h7-9H,4-6,10-14H2,1-3H3/t19-/m1/s1. The lowest BCUT2D eigenvalue weighted by atomic mass is 9.99. The van der Waals surface area contributed by atoms with Crippen molar-refractivity contribution in [3.8, 4) is 5.75 Å². The number of carbonyl (C=O) groups is 2. The molecule has 142 valence electrons. The van der Waals surface area contributed by atoms with E-state index in [0.29, 0.717) is 31.2 Å². The second-order valence-electron chi connectivity index (χ2n) is 7.00. The van der Waals surface area contributed by atoms with Crippen molar-refractivity contribution in [3.05, 3.63) is 18.3 Å². The molecule has 1 aromatic heterocycles. The van der Waals surface area contributed by atoms with Gasteiger partial charge in [0.25, 0.3) is 17.4 Å². The number of ether oxygens (including phenoxy) is 1. The van der Waals surface area contributed by atoms with E-state index < -0.39 is 5.60 Å². The Labute approximate surface area is 154 Å². The Morgan fingerprint density at radius 3 is 2.65 bits per heavy atom. The highest BCUT2D eigenvalue weighted by Crippen LogP contribution is 2.37. The van der Waals surface area contributed by atoms with Gasteiger partial charge in [0.2, 0.25) is 0 Å². The summed E-state index contributed by atoms with van der Waals surface area (Å²) >= 11 is 0. The molecule has 0 radical (unpaired) electrons. The van der Waals surface area contributed by atoms with Crippen LogP contribution >= 0.6 is 0 Å². The van der Waals surface area contributed by atoms with Gasteiger partial charge in [0.1, 0.15) is 0 Å². The summed E-state index contributed by atoms with van der Waals surface area (Å²) in [5.74, 6) is 0.424. The van der Waals surface area contributed by atoms with Crippen molar-refractivity contribution >= 4 is 17.6 Å². The number of piperazine rings is 1. The van der Waals surface area contributed by atoms with Gasteiger partial charge in [0.05, 0.1) is 0 Å². The highest BCUT2D eigenvalue weighted by atomic mass is 16.5. The predicted octanol–water partition coefficient (Wildman–Crippen LogP) is 1.53. The fraction of sp³-hybridized carbons (Fsp3) is 0.632. The molecule has 7 heteroatoms. The molecule has 0 unspecified atom stereocenters. The molecule has 0 aromatic carbocycles. The Kier molecular flexibility index (Phi) is 5.46. The van der Waals surface area contributed by atoms with E-state index in [2.05, 4.69) is 23.7 Å². The zero-order chi connectivity index (χ0) is 18.7. The highest BCUT2D eigenvalue weighted by Gasteiger charge is 2.52. The van der Waals surface area contributed by atoms with Crippen molar-refractivity contribution in [2.75, 3.05) is 44.2 Å². The van der Waals surface area contributed by atoms with Gasteiger partial charge < -0.3 is 14.5 Å². The average molecular weight is 360 g/mol. The molecule has 2 aliphatic heterocycles. The lowest BCUT2D eigenvalue weighted by Gasteiger charge is -2.42. The van der Waals surface area contributed by atoms with Gasteiger partial charge in [-0.1, -0.05) is 20.3 Å². The molecule has 7 nitrogen and oxygen atoms in total. The zero-order valence-electron chi connectivity index (χ0n) is 15.9. The Hall–Kier alpha value is -2.15. The number of rotatable bonds is 5. The van der Waals surface area contributed by atoms with Gasteiger partial charge in [-0.3, -0.25) is 14.5 Å². The summed E-state index contributed by atoms with van der Waals surface area (Å²) in [4.78, 5) is 36.4. The van der Waals surface area contributed by atoms with Crippen molar-refractivity contribution in [1.82, 2.24) is 14.8 Å². The van der Waals surface area contributed by atoms with Crippen LogP contribution < -0.4 is 9.64 Å². The zero-order valence-corrected chi connectivity index (χ0v) is 15.9. The molecule has 26 heavy (non-hydrogen) atoms. The van der Waals surface area contributed by atoms with E-state index in [9.17, 15) is 9.59 Å². The summed E-state index contributed by atoms with van der Waals surface area (Å²) in [6.07, 6.45) is 3.44. The Balaban J connectivity index is 1.86. The van der Waals surface area contributed by atoms with Crippen LogP contribution in [0.3, 0.4) is 0 Å². The van der Waals surface area contributed by atoms with Crippen LogP contribution in [0.4, 0.5) is 5.82 Å². The first-order chi connectivity index (χ1) is 12.5. The van der Waals surface area contributed by atoms with Crippen molar-refractivity contribution in [1.29, 1.82) is 0 Å². The number of carbonyl (C=O) groups excluding carboxylic acids is 2. The molecule has 0 spiro atoms. The number of amides is 2. The van der Waals surface area contributed by atoms with Crippen molar-refractivity contribution in [2.24, 2.45) is 0 Å². The van der Waals surface area contributed by atoms with Crippen LogP contribution in [-0.2, 0) is 9.59 Å². The second-order valence-corrected chi connectivity index (χ2v) is 7.00. The van der Waals surface area contributed by atoms with Crippen LogP contribution in [0.5, 0.6) is 5.75 Å². The largest absolute Gasteiger partial charge is 0.464 e. The molecule has 0 saturated carbocycles. The summed E-state index contributed by atoms with van der Waals surface area (Å²) in [6, 6.07) is 3.53.